The molecule has 4 heteroatoms. The van der Waals surface area contributed by atoms with Crippen LogP contribution in [-0.4, -0.2) is 11.1 Å². The van der Waals surface area contributed by atoms with Gasteiger partial charge in [-0.1, -0.05) is 32.6 Å². The highest BCUT2D eigenvalue weighted by atomic mass is 35.5. The third kappa shape index (κ3) is 2.40. The van der Waals surface area contributed by atoms with Crippen LogP contribution < -0.4 is 0 Å². The van der Waals surface area contributed by atoms with Crippen molar-refractivity contribution in [2.75, 3.05) is 0 Å². The van der Waals surface area contributed by atoms with Gasteiger partial charge in [-0.2, -0.15) is 5.26 Å². The van der Waals surface area contributed by atoms with Gasteiger partial charge in [-0.3, -0.25) is 4.79 Å². The van der Waals surface area contributed by atoms with E-state index in [9.17, 15) is 4.79 Å². The summed E-state index contributed by atoms with van der Waals surface area (Å²) >= 11 is 0. The third-order valence-corrected chi connectivity index (χ3v) is 2.88. The van der Waals surface area contributed by atoms with Crippen molar-refractivity contribution in [1.29, 1.82) is 5.26 Å². The number of hydrogen-bond donors (Lipinski definition) is 1. The van der Waals surface area contributed by atoms with Crippen molar-refractivity contribution in [1.82, 2.24) is 0 Å². The first-order chi connectivity index (χ1) is 6.45. The van der Waals surface area contributed by atoms with E-state index in [0.717, 1.165) is 0 Å². The maximum absolute atomic E-state index is 10.8. The van der Waals surface area contributed by atoms with Gasteiger partial charge in [0, 0.05) is 5.57 Å². The maximum atomic E-state index is 10.8. The maximum Gasteiger partial charge on any atom is 0.307 e. The fraction of sp³-hybridized carbons (Fsp3) is 0.455. The molecule has 1 N–H and O–H groups in total. The minimum atomic E-state index is -0.794. The van der Waals surface area contributed by atoms with E-state index in [1.807, 2.05) is 19.9 Å². The summed E-state index contributed by atoms with van der Waals surface area (Å²) in [5.41, 5.74) is 0.212. The highest BCUT2D eigenvalue weighted by Crippen LogP contribution is 2.59. The predicted octanol–water partition coefficient (Wildman–Crippen LogP) is 2.40. The van der Waals surface area contributed by atoms with Gasteiger partial charge in [0.1, 0.15) is 0 Å². The first-order valence-electron chi connectivity index (χ1n) is 4.42. The first-order valence-corrected chi connectivity index (χ1v) is 4.42. The highest BCUT2D eigenvalue weighted by Gasteiger charge is 2.60. The number of carbonyl (C=O) groups is 1. The number of aliphatic carboxylic acids is 1. The molecule has 82 valence electrons. The van der Waals surface area contributed by atoms with Crippen molar-refractivity contribution in [3.63, 3.8) is 0 Å². The van der Waals surface area contributed by atoms with Gasteiger partial charge in [-0.25, -0.2) is 0 Å². The molecule has 0 unspecified atom stereocenters. The van der Waals surface area contributed by atoms with Crippen molar-refractivity contribution >= 4 is 18.4 Å². The molecule has 1 rings (SSSR count). The second kappa shape index (κ2) is 4.50. The monoisotopic (exact) mass is 227 g/mol. The molecule has 2 atom stereocenters. The molecule has 0 aromatic heterocycles. The van der Waals surface area contributed by atoms with E-state index in [1.165, 1.54) is 6.08 Å². The lowest BCUT2D eigenvalue weighted by molar-refractivity contribution is -0.139. The van der Waals surface area contributed by atoms with Crippen LogP contribution >= 0.6 is 12.4 Å². The molecule has 0 radical (unpaired) electrons. The van der Waals surface area contributed by atoms with Crippen molar-refractivity contribution in [3.8, 4) is 6.07 Å². The van der Waals surface area contributed by atoms with Gasteiger partial charge >= 0.3 is 5.97 Å². The minimum Gasteiger partial charge on any atom is -0.481 e. The van der Waals surface area contributed by atoms with Gasteiger partial charge in [-0.15, -0.1) is 12.4 Å². The van der Waals surface area contributed by atoms with E-state index in [4.69, 9.17) is 10.4 Å². The standard InChI is InChI=1S/C11H13NO2.ClH/c1-4-7(6-12)5-8-9(10(13)14)11(8,2)3;/h4-5,8-9H,1H2,2-3H3,(H,13,14);1H/t8-,9+;/m1./s1. The van der Waals surface area contributed by atoms with Crippen molar-refractivity contribution in [2.45, 2.75) is 13.8 Å². The molecule has 0 bridgehead atoms. The van der Waals surface area contributed by atoms with Crippen molar-refractivity contribution in [3.05, 3.63) is 24.3 Å². The lowest BCUT2D eigenvalue weighted by Crippen LogP contribution is -2.03. The van der Waals surface area contributed by atoms with E-state index < -0.39 is 5.97 Å². The summed E-state index contributed by atoms with van der Waals surface area (Å²) in [7, 11) is 0. The number of carboxylic acid groups (broad SMARTS) is 1. The zero-order valence-corrected chi connectivity index (χ0v) is 9.54. The topological polar surface area (TPSA) is 61.1 Å². The molecular weight excluding hydrogens is 214 g/mol. The quantitative estimate of drug-likeness (QED) is 0.595. The Balaban J connectivity index is 0.00000196. The number of carboxylic acids is 1. The second-order valence-electron chi connectivity index (χ2n) is 4.10. The molecule has 1 aliphatic rings. The van der Waals surface area contributed by atoms with Crippen molar-refractivity contribution in [2.24, 2.45) is 17.3 Å². The van der Waals surface area contributed by atoms with E-state index in [2.05, 4.69) is 6.58 Å². The van der Waals surface area contributed by atoms with E-state index in [0.29, 0.717) is 5.57 Å². The summed E-state index contributed by atoms with van der Waals surface area (Å²) in [4.78, 5) is 10.8. The Bertz CT molecular complexity index is 352. The molecule has 0 aliphatic heterocycles. The lowest BCUT2D eigenvalue weighted by Gasteiger charge is -1.96. The van der Waals surface area contributed by atoms with Crippen LogP contribution in [0.5, 0.6) is 0 Å². The van der Waals surface area contributed by atoms with Crippen LogP contribution in [-0.2, 0) is 4.79 Å². The molecule has 1 aliphatic carbocycles. The van der Waals surface area contributed by atoms with Gasteiger partial charge in [0.2, 0.25) is 0 Å². The van der Waals surface area contributed by atoms with Crippen LogP contribution in [0.25, 0.3) is 0 Å². The van der Waals surface area contributed by atoms with E-state index in [-0.39, 0.29) is 29.7 Å². The minimum absolute atomic E-state index is 0. The Morgan fingerprint density at radius 3 is 2.40 bits per heavy atom. The zero-order valence-electron chi connectivity index (χ0n) is 8.73. The summed E-state index contributed by atoms with van der Waals surface area (Å²) in [5.74, 6) is -1.21. The van der Waals surface area contributed by atoms with Crippen LogP contribution in [0, 0.1) is 28.6 Å². The van der Waals surface area contributed by atoms with Crippen LogP contribution in [0.1, 0.15) is 13.8 Å². The number of nitriles is 1. The molecule has 0 aromatic carbocycles. The Kier molecular flexibility index (Phi) is 4.12. The van der Waals surface area contributed by atoms with Gasteiger partial charge in [-0.05, 0) is 11.3 Å². The van der Waals surface area contributed by atoms with Crippen molar-refractivity contribution < 1.29 is 9.90 Å². The molecule has 0 amide bonds. The second-order valence-corrected chi connectivity index (χ2v) is 4.10. The van der Waals surface area contributed by atoms with Crippen LogP contribution in [0.15, 0.2) is 24.3 Å². The average Bonchev–Trinajstić information content (AvgIpc) is 2.63. The molecule has 1 saturated carbocycles. The number of rotatable bonds is 3. The fourth-order valence-corrected chi connectivity index (χ4v) is 1.80. The normalized spacial score (nSPS) is 27.1. The Morgan fingerprint density at radius 2 is 2.13 bits per heavy atom. The average molecular weight is 228 g/mol. The lowest BCUT2D eigenvalue weighted by atomic mass is 10.1. The molecule has 1 fully saturated rings. The summed E-state index contributed by atoms with van der Waals surface area (Å²) in [5, 5.41) is 17.5. The summed E-state index contributed by atoms with van der Waals surface area (Å²) in [6.07, 6.45) is 3.15. The fourth-order valence-electron chi connectivity index (χ4n) is 1.80. The molecule has 0 heterocycles. The van der Waals surface area contributed by atoms with Gasteiger partial charge < -0.3 is 5.11 Å². The third-order valence-electron chi connectivity index (χ3n) is 2.88. The van der Waals surface area contributed by atoms with E-state index in [1.54, 1.807) is 6.08 Å². The zero-order chi connectivity index (χ0) is 10.9. The summed E-state index contributed by atoms with van der Waals surface area (Å²) in [6.45, 7) is 7.28. The highest BCUT2D eigenvalue weighted by molar-refractivity contribution is 5.85. The Morgan fingerprint density at radius 1 is 1.60 bits per heavy atom. The molecule has 15 heavy (non-hydrogen) atoms. The largest absolute Gasteiger partial charge is 0.481 e. The molecule has 0 aromatic rings. The van der Waals surface area contributed by atoms with Crippen LogP contribution in [0.2, 0.25) is 0 Å². The number of nitrogens with zero attached hydrogens (tertiary/aromatic N) is 1. The SMILES string of the molecule is C=CC(C#N)=C[C@@H]1[C@@H](C(=O)O)C1(C)C.Cl. The van der Waals surface area contributed by atoms with Gasteiger partial charge in [0.05, 0.1) is 12.0 Å². The van der Waals surface area contributed by atoms with E-state index >= 15 is 0 Å². The molecule has 3 nitrogen and oxygen atoms in total. The van der Waals surface area contributed by atoms with Crippen LogP contribution in [0.3, 0.4) is 0 Å². The predicted molar refractivity (Wildman–Crippen MR) is 59.5 cm³/mol. The number of allylic oxidation sites excluding steroid dienone is 3. The van der Waals surface area contributed by atoms with Crippen LogP contribution in [0.4, 0.5) is 0 Å². The van der Waals surface area contributed by atoms with Gasteiger partial charge in [0.15, 0.2) is 0 Å². The number of halogens is 1. The summed E-state index contributed by atoms with van der Waals surface area (Å²) < 4.78 is 0. The Hall–Kier alpha value is -1.27. The molecule has 0 saturated heterocycles. The first kappa shape index (κ1) is 13.7. The molecule has 0 spiro atoms. The van der Waals surface area contributed by atoms with Gasteiger partial charge in [0.25, 0.3) is 0 Å². The molecular formula is C11H14ClNO2. The summed E-state index contributed by atoms with van der Waals surface area (Å²) in [6, 6.07) is 1.97. The number of hydrogen-bond acceptors (Lipinski definition) is 2. The smallest absolute Gasteiger partial charge is 0.307 e. The Labute approximate surface area is 95.5 Å².